The van der Waals surface area contributed by atoms with Crippen molar-refractivity contribution in [3.8, 4) is 0 Å². The van der Waals surface area contributed by atoms with Gasteiger partial charge in [-0.2, -0.15) is 0 Å². The van der Waals surface area contributed by atoms with Crippen LogP contribution in [0.25, 0.3) is 0 Å². The number of morpholine rings is 1. The van der Waals surface area contributed by atoms with Gasteiger partial charge in [-0.05, 0) is 40.9 Å². The lowest BCUT2D eigenvalue weighted by atomic mass is 10.1. The van der Waals surface area contributed by atoms with Crippen molar-refractivity contribution in [3.05, 3.63) is 20.8 Å². The Labute approximate surface area is 167 Å². The minimum atomic E-state index is 0. The van der Waals surface area contributed by atoms with Crippen LogP contribution in [0.1, 0.15) is 17.7 Å². The lowest BCUT2D eigenvalue weighted by Crippen LogP contribution is -2.53. The number of thiophene rings is 1. The first-order valence-corrected chi connectivity index (χ1v) is 9.30. The van der Waals surface area contributed by atoms with Crippen LogP contribution in [-0.2, 0) is 16.0 Å². The number of nitrogens with one attached hydrogen (secondary N) is 1. The highest BCUT2D eigenvalue weighted by Crippen LogP contribution is 2.23. The third-order valence-corrected chi connectivity index (χ3v) is 5.66. The van der Waals surface area contributed by atoms with E-state index in [1.165, 1.54) is 4.88 Å². The van der Waals surface area contributed by atoms with Crippen molar-refractivity contribution in [2.75, 3.05) is 33.4 Å². The maximum absolute atomic E-state index is 5.90. The third-order valence-electron chi connectivity index (χ3n) is 4.03. The van der Waals surface area contributed by atoms with E-state index in [2.05, 4.69) is 43.3 Å². The lowest BCUT2D eigenvalue weighted by molar-refractivity contribution is -0.0817. The Bertz CT molecular complexity index is 523. The number of halogens is 2. The summed E-state index contributed by atoms with van der Waals surface area (Å²) in [5.41, 5.74) is 0. The molecule has 1 N–H and O–H groups in total. The summed E-state index contributed by atoms with van der Waals surface area (Å²) in [6.07, 6.45) is 2.65. The Kier molecular flexibility index (Phi) is 8.06. The summed E-state index contributed by atoms with van der Waals surface area (Å²) >= 11 is 5.24. The van der Waals surface area contributed by atoms with E-state index >= 15 is 0 Å². The van der Waals surface area contributed by atoms with Crippen LogP contribution in [0.4, 0.5) is 0 Å². The summed E-state index contributed by atoms with van der Waals surface area (Å²) in [6.45, 7) is 4.11. The molecule has 0 radical (unpaired) electrons. The summed E-state index contributed by atoms with van der Waals surface area (Å²) in [5, 5.41) is 3.45. The number of hydrogen-bond donors (Lipinski definition) is 1. The highest BCUT2D eigenvalue weighted by Gasteiger charge is 2.32. The Morgan fingerprint density at radius 1 is 1.39 bits per heavy atom. The van der Waals surface area contributed by atoms with Crippen LogP contribution in [0.15, 0.2) is 20.9 Å². The molecule has 2 aliphatic rings. The predicted molar refractivity (Wildman–Crippen MR) is 108 cm³/mol. The maximum atomic E-state index is 5.90. The van der Waals surface area contributed by atoms with E-state index in [0.29, 0.717) is 0 Å². The van der Waals surface area contributed by atoms with E-state index in [4.69, 9.17) is 9.47 Å². The Balaban J connectivity index is 0.00000192. The van der Waals surface area contributed by atoms with Crippen LogP contribution in [0.3, 0.4) is 0 Å². The molecule has 8 heteroatoms. The van der Waals surface area contributed by atoms with Crippen molar-refractivity contribution in [2.24, 2.45) is 4.99 Å². The number of nitrogens with zero attached hydrogens (tertiary/aromatic N) is 2. The van der Waals surface area contributed by atoms with Crippen molar-refractivity contribution in [2.45, 2.75) is 31.6 Å². The van der Waals surface area contributed by atoms with Gasteiger partial charge in [-0.25, -0.2) is 0 Å². The van der Waals surface area contributed by atoms with Gasteiger partial charge < -0.3 is 19.7 Å². The molecule has 130 valence electrons. The van der Waals surface area contributed by atoms with Gasteiger partial charge in [0.2, 0.25) is 0 Å². The summed E-state index contributed by atoms with van der Waals surface area (Å²) < 4.78 is 12.8. The number of aliphatic imine (C=N–C) groups is 1. The van der Waals surface area contributed by atoms with Gasteiger partial charge in [0.1, 0.15) is 6.10 Å². The highest BCUT2D eigenvalue weighted by molar-refractivity contribution is 14.0. The van der Waals surface area contributed by atoms with Crippen molar-refractivity contribution in [1.82, 2.24) is 10.2 Å². The SMILES string of the molecule is CN=C(NCc1ccc(Br)s1)N1CCOC(C2CCCO2)C1.I. The zero-order valence-electron chi connectivity index (χ0n) is 13.2. The fourth-order valence-electron chi connectivity index (χ4n) is 2.93. The van der Waals surface area contributed by atoms with Crippen molar-refractivity contribution in [1.29, 1.82) is 0 Å². The molecule has 0 bridgehead atoms. The van der Waals surface area contributed by atoms with E-state index < -0.39 is 0 Å². The van der Waals surface area contributed by atoms with Crippen LogP contribution < -0.4 is 5.32 Å². The molecule has 0 aliphatic carbocycles. The molecule has 0 saturated carbocycles. The quantitative estimate of drug-likeness (QED) is 0.382. The summed E-state index contributed by atoms with van der Waals surface area (Å²) in [4.78, 5) is 7.99. The minimum Gasteiger partial charge on any atom is -0.375 e. The van der Waals surface area contributed by atoms with Gasteiger partial charge in [-0.15, -0.1) is 35.3 Å². The van der Waals surface area contributed by atoms with Gasteiger partial charge in [0.05, 0.1) is 23.0 Å². The molecule has 2 fully saturated rings. The molecular formula is C15H23BrIN3O2S. The lowest BCUT2D eigenvalue weighted by Gasteiger charge is -2.37. The van der Waals surface area contributed by atoms with Crippen molar-refractivity contribution < 1.29 is 9.47 Å². The fraction of sp³-hybridized carbons (Fsp3) is 0.667. The number of guanidine groups is 1. The molecule has 0 aromatic carbocycles. The molecule has 2 unspecified atom stereocenters. The second-order valence-electron chi connectivity index (χ2n) is 5.51. The first-order chi connectivity index (χ1) is 10.8. The molecule has 1 aromatic rings. The molecule has 2 atom stereocenters. The fourth-order valence-corrected chi connectivity index (χ4v) is 4.36. The number of hydrogen-bond acceptors (Lipinski definition) is 4. The second kappa shape index (κ2) is 9.55. The average Bonchev–Trinajstić information content (AvgIpc) is 3.20. The average molecular weight is 516 g/mol. The van der Waals surface area contributed by atoms with E-state index in [0.717, 1.165) is 55.4 Å². The van der Waals surface area contributed by atoms with Crippen LogP contribution in [0.5, 0.6) is 0 Å². The molecule has 0 amide bonds. The first-order valence-electron chi connectivity index (χ1n) is 7.69. The number of ether oxygens (including phenoxy) is 2. The Morgan fingerprint density at radius 3 is 2.87 bits per heavy atom. The minimum absolute atomic E-state index is 0. The molecule has 23 heavy (non-hydrogen) atoms. The molecule has 3 heterocycles. The predicted octanol–water partition coefficient (Wildman–Crippen LogP) is 3.08. The van der Waals surface area contributed by atoms with Crippen molar-refractivity contribution in [3.63, 3.8) is 0 Å². The van der Waals surface area contributed by atoms with E-state index in [1.807, 2.05) is 7.05 Å². The highest BCUT2D eigenvalue weighted by atomic mass is 127. The Hall–Kier alpha value is 0.1000. The normalized spacial score (nSPS) is 25.3. The largest absolute Gasteiger partial charge is 0.375 e. The molecule has 5 nitrogen and oxygen atoms in total. The third kappa shape index (κ3) is 5.29. The molecule has 3 rings (SSSR count). The van der Waals surface area contributed by atoms with Gasteiger partial charge in [-0.1, -0.05) is 0 Å². The summed E-state index contributed by atoms with van der Waals surface area (Å²) in [6, 6.07) is 4.20. The van der Waals surface area contributed by atoms with Gasteiger partial charge in [-0.3, -0.25) is 4.99 Å². The van der Waals surface area contributed by atoms with Crippen molar-refractivity contribution >= 4 is 57.2 Å². The first kappa shape index (κ1) is 19.4. The van der Waals surface area contributed by atoms with E-state index in [-0.39, 0.29) is 36.2 Å². The van der Waals surface area contributed by atoms with Gasteiger partial charge in [0.25, 0.3) is 0 Å². The van der Waals surface area contributed by atoms with Gasteiger partial charge in [0, 0.05) is 31.6 Å². The summed E-state index contributed by atoms with van der Waals surface area (Å²) in [5.74, 6) is 0.941. The summed E-state index contributed by atoms with van der Waals surface area (Å²) in [7, 11) is 1.84. The molecule has 2 aliphatic heterocycles. The standard InChI is InChI=1S/C15H22BrN3O2S.HI/c1-17-15(18-9-11-4-5-14(16)22-11)19-6-8-21-13(10-19)12-3-2-7-20-12;/h4-5,12-13H,2-3,6-10H2,1H3,(H,17,18);1H. The van der Waals surface area contributed by atoms with E-state index in [9.17, 15) is 0 Å². The van der Waals surface area contributed by atoms with E-state index in [1.54, 1.807) is 11.3 Å². The maximum Gasteiger partial charge on any atom is 0.194 e. The molecule has 2 saturated heterocycles. The van der Waals surface area contributed by atoms with Gasteiger partial charge in [0.15, 0.2) is 5.96 Å². The zero-order valence-corrected chi connectivity index (χ0v) is 17.9. The monoisotopic (exact) mass is 515 g/mol. The molecule has 0 spiro atoms. The number of rotatable bonds is 3. The Morgan fingerprint density at radius 2 is 2.22 bits per heavy atom. The van der Waals surface area contributed by atoms with Crippen LogP contribution >= 0.6 is 51.2 Å². The van der Waals surface area contributed by atoms with Crippen LogP contribution in [-0.4, -0.2) is 56.4 Å². The smallest absolute Gasteiger partial charge is 0.194 e. The second-order valence-corrected chi connectivity index (χ2v) is 8.06. The zero-order chi connectivity index (χ0) is 15.4. The van der Waals surface area contributed by atoms with Gasteiger partial charge >= 0.3 is 0 Å². The van der Waals surface area contributed by atoms with Crippen LogP contribution in [0.2, 0.25) is 0 Å². The molecular weight excluding hydrogens is 493 g/mol. The topological polar surface area (TPSA) is 46.1 Å². The van der Waals surface area contributed by atoms with Crippen LogP contribution in [0, 0.1) is 0 Å². The molecule has 1 aromatic heterocycles.